The van der Waals surface area contributed by atoms with E-state index in [0.29, 0.717) is 11.0 Å². The first-order chi connectivity index (χ1) is 8.56. The zero-order chi connectivity index (χ0) is 13.5. The summed E-state index contributed by atoms with van der Waals surface area (Å²) in [5.41, 5.74) is 5.44. The van der Waals surface area contributed by atoms with Gasteiger partial charge in [0.25, 0.3) is 0 Å². The second-order valence-electron chi connectivity index (χ2n) is 3.36. The van der Waals surface area contributed by atoms with Gasteiger partial charge in [0.05, 0.1) is 17.9 Å². The number of carbonyl (C=O) groups excluding carboxylic acids is 1. The molecule has 0 aliphatic carbocycles. The summed E-state index contributed by atoms with van der Waals surface area (Å²) in [7, 11) is 0. The molecule has 0 fully saturated rings. The number of para-hydroxylation sites is 1. The number of nitrogens with two attached hydrogens (primary N) is 1. The van der Waals surface area contributed by atoms with Crippen molar-refractivity contribution in [3.63, 3.8) is 0 Å². The fraction of sp³-hybridized carbons (Fsp3) is 0.273. The molecule has 0 saturated carbocycles. The Balaban J connectivity index is 2.77. The maximum Gasteiger partial charge on any atom is 0.337 e. The van der Waals surface area contributed by atoms with Gasteiger partial charge in [-0.2, -0.15) is 0 Å². The van der Waals surface area contributed by atoms with Gasteiger partial charge in [0.15, 0.2) is 0 Å². The van der Waals surface area contributed by atoms with Crippen molar-refractivity contribution in [1.29, 1.82) is 0 Å². The van der Waals surface area contributed by atoms with Crippen molar-refractivity contribution >= 4 is 33.5 Å². The van der Waals surface area contributed by atoms with E-state index in [1.165, 1.54) is 6.07 Å². The topological polar surface area (TPSA) is 102 Å². The van der Waals surface area contributed by atoms with Crippen LogP contribution in [0.3, 0.4) is 0 Å². The van der Waals surface area contributed by atoms with Gasteiger partial charge < -0.3 is 20.9 Å². The zero-order valence-corrected chi connectivity index (χ0v) is 11.1. The largest absolute Gasteiger partial charge is 0.478 e. The smallest absolute Gasteiger partial charge is 0.337 e. The summed E-state index contributed by atoms with van der Waals surface area (Å²) in [4.78, 5) is 22.5. The number of benzene rings is 1. The fourth-order valence-corrected chi connectivity index (χ4v) is 1.72. The minimum absolute atomic E-state index is 0.0107. The Kier molecular flexibility index (Phi) is 5.76. The Morgan fingerprint density at radius 3 is 2.78 bits per heavy atom. The van der Waals surface area contributed by atoms with E-state index >= 15 is 0 Å². The maximum absolute atomic E-state index is 11.5. The minimum Gasteiger partial charge on any atom is -0.478 e. The Morgan fingerprint density at radius 2 is 2.17 bits per heavy atom. The van der Waals surface area contributed by atoms with Crippen LogP contribution in [-0.2, 0) is 9.53 Å². The average molecular weight is 317 g/mol. The van der Waals surface area contributed by atoms with Crippen LogP contribution in [0, 0.1) is 0 Å². The minimum atomic E-state index is -1.12. The van der Waals surface area contributed by atoms with Crippen LogP contribution in [0.4, 0.5) is 5.69 Å². The van der Waals surface area contributed by atoms with Crippen LogP contribution in [0.1, 0.15) is 10.4 Å². The van der Waals surface area contributed by atoms with E-state index in [9.17, 15) is 9.59 Å². The number of nitrogens with one attached hydrogen (secondary N) is 1. The summed E-state index contributed by atoms with van der Waals surface area (Å²) in [5.74, 6) is -1.55. The summed E-state index contributed by atoms with van der Waals surface area (Å²) in [6.07, 6.45) is 0. The van der Waals surface area contributed by atoms with Crippen LogP contribution in [0.5, 0.6) is 0 Å². The van der Waals surface area contributed by atoms with Crippen molar-refractivity contribution in [2.75, 3.05) is 25.1 Å². The van der Waals surface area contributed by atoms with Gasteiger partial charge >= 0.3 is 5.97 Å². The van der Waals surface area contributed by atoms with Crippen molar-refractivity contribution < 1.29 is 19.4 Å². The number of carboxylic acid groups (broad SMARTS) is 1. The van der Waals surface area contributed by atoms with Gasteiger partial charge in [0.1, 0.15) is 6.61 Å². The molecule has 4 N–H and O–H groups in total. The molecule has 6 nitrogen and oxygen atoms in total. The van der Waals surface area contributed by atoms with Crippen molar-refractivity contribution in [2.24, 2.45) is 5.73 Å². The maximum atomic E-state index is 11.5. The molecule has 0 spiro atoms. The van der Waals surface area contributed by atoms with Crippen LogP contribution >= 0.6 is 15.9 Å². The third-order valence-electron chi connectivity index (χ3n) is 2.00. The quantitative estimate of drug-likeness (QED) is 0.681. The van der Waals surface area contributed by atoms with Crippen molar-refractivity contribution in [2.45, 2.75) is 0 Å². The van der Waals surface area contributed by atoms with Gasteiger partial charge in [-0.1, -0.05) is 6.07 Å². The zero-order valence-electron chi connectivity index (χ0n) is 9.48. The molecule has 0 saturated heterocycles. The predicted molar refractivity (Wildman–Crippen MR) is 69.6 cm³/mol. The van der Waals surface area contributed by atoms with E-state index < -0.39 is 11.9 Å². The van der Waals surface area contributed by atoms with Gasteiger partial charge in [-0.05, 0) is 28.1 Å². The Morgan fingerprint density at radius 1 is 1.44 bits per heavy atom. The first-order valence-corrected chi connectivity index (χ1v) is 5.95. The Labute approximate surface area is 112 Å². The molecule has 98 valence electrons. The molecule has 0 bridgehead atoms. The predicted octanol–water partition coefficient (Wildman–Crippen LogP) is 1.06. The highest BCUT2D eigenvalue weighted by Gasteiger charge is 2.15. The number of carbonyl (C=O) groups is 2. The van der Waals surface area contributed by atoms with E-state index in [1.54, 1.807) is 12.1 Å². The fourth-order valence-electron chi connectivity index (χ4n) is 1.25. The number of aromatic carboxylic acids is 1. The van der Waals surface area contributed by atoms with E-state index in [0.717, 1.165) is 0 Å². The molecular formula is C11H13BrN2O4. The first-order valence-electron chi connectivity index (χ1n) is 5.15. The lowest BCUT2D eigenvalue weighted by Gasteiger charge is -2.10. The molecule has 0 unspecified atom stereocenters. The van der Waals surface area contributed by atoms with Crippen molar-refractivity contribution in [3.8, 4) is 0 Å². The summed E-state index contributed by atoms with van der Waals surface area (Å²) in [6, 6.07) is 4.63. The monoisotopic (exact) mass is 316 g/mol. The number of rotatable bonds is 6. The van der Waals surface area contributed by atoms with Crippen molar-refractivity contribution in [3.05, 3.63) is 28.2 Å². The number of halogens is 1. The summed E-state index contributed by atoms with van der Waals surface area (Å²) in [5, 5.41) is 11.5. The third kappa shape index (κ3) is 4.10. The lowest BCUT2D eigenvalue weighted by atomic mass is 10.2. The normalized spacial score (nSPS) is 10.1. The highest BCUT2D eigenvalue weighted by atomic mass is 79.9. The molecule has 18 heavy (non-hydrogen) atoms. The van der Waals surface area contributed by atoms with Gasteiger partial charge in [-0.3, -0.25) is 4.79 Å². The number of carboxylic acids is 1. The SMILES string of the molecule is NCCOCC(=O)Nc1c(Br)cccc1C(=O)O. The van der Waals surface area contributed by atoms with Crippen LogP contribution in [0.25, 0.3) is 0 Å². The standard InChI is InChI=1S/C11H13BrN2O4/c12-8-3-1-2-7(11(16)17)10(8)14-9(15)6-18-5-4-13/h1-3H,4-6,13H2,(H,14,15)(H,16,17). The van der Waals surface area contributed by atoms with Gasteiger partial charge in [-0.15, -0.1) is 0 Å². The second kappa shape index (κ2) is 7.10. The third-order valence-corrected chi connectivity index (χ3v) is 2.66. The van der Waals surface area contributed by atoms with Crippen LogP contribution in [0.2, 0.25) is 0 Å². The molecule has 1 aromatic rings. The van der Waals surface area contributed by atoms with E-state index in [-0.39, 0.29) is 24.5 Å². The number of hydrogen-bond acceptors (Lipinski definition) is 4. The molecular weight excluding hydrogens is 304 g/mol. The van der Waals surface area contributed by atoms with Crippen LogP contribution < -0.4 is 11.1 Å². The lowest BCUT2D eigenvalue weighted by molar-refractivity contribution is -0.120. The molecule has 7 heteroatoms. The van der Waals surface area contributed by atoms with Gasteiger partial charge in [-0.25, -0.2) is 4.79 Å². The summed E-state index contributed by atoms with van der Waals surface area (Å²) in [6.45, 7) is 0.426. The molecule has 1 amide bonds. The number of ether oxygens (including phenoxy) is 1. The van der Waals surface area contributed by atoms with E-state index in [1.807, 2.05) is 0 Å². The molecule has 1 rings (SSSR count). The average Bonchev–Trinajstić information content (AvgIpc) is 2.31. The number of amides is 1. The highest BCUT2D eigenvalue weighted by Crippen LogP contribution is 2.26. The number of anilines is 1. The van der Waals surface area contributed by atoms with Gasteiger partial charge in [0.2, 0.25) is 5.91 Å². The van der Waals surface area contributed by atoms with Crippen molar-refractivity contribution in [1.82, 2.24) is 0 Å². The summed E-state index contributed by atoms with van der Waals surface area (Å²) >= 11 is 3.19. The molecule has 0 aliphatic heterocycles. The summed E-state index contributed by atoms with van der Waals surface area (Å²) < 4.78 is 5.45. The molecule has 0 atom stereocenters. The second-order valence-corrected chi connectivity index (χ2v) is 4.21. The lowest BCUT2D eigenvalue weighted by Crippen LogP contribution is -2.22. The molecule has 0 aromatic heterocycles. The molecule has 0 heterocycles. The molecule has 0 radical (unpaired) electrons. The highest BCUT2D eigenvalue weighted by molar-refractivity contribution is 9.10. The first kappa shape index (κ1) is 14.6. The molecule has 1 aromatic carbocycles. The molecule has 0 aliphatic rings. The van der Waals surface area contributed by atoms with E-state index in [4.69, 9.17) is 15.6 Å². The Bertz CT molecular complexity index is 451. The Hall–Kier alpha value is -1.44. The number of hydrogen-bond donors (Lipinski definition) is 3. The van der Waals surface area contributed by atoms with Crippen LogP contribution in [-0.4, -0.2) is 36.7 Å². The van der Waals surface area contributed by atoms with Crippen LogP contribution in [0.15, 0.2) is 22.7 Å². The van der Waals surface area contributed by atoms with E-state index in [2.05, 4.69) is 21.2 Å². The van der Waals surface area contributed by atoms with Gasteiger partial charge in [0, 0.05) is 11.0 Å².